The predicted molar refractivity (Wildman–Crippen MR) is 71.2 cm³/mol. The van der Waals surface area contributed by atoms with Gasteiger partial charge in [0.25, 0.3) is 0 Å². The molecule has 5 heteroatoms. The number of hydrogen-bond acceptors (Lipinski definition) is 4. The Kier molecular flexibility index (Phi) is 2.97. The summed E-state index contributed by atoms with van der Waals surface area (Å²) in [6, 6.07) is 3.89. The first-order valence-corrected chi connectivity index (χ1v) is 6.66. The molecule has 2 aliphatic rings. The number of hydrogen-bond donors (Lipinski definition) is 0. The molecule has 0 radical (unpaired) electrons. The van der Waals surface area contributed by atoms with Crippen molar-refractivity contribution in [3.8, 4) is 0 Å². The molecule has 0 aliphatic carbocycles. The van der Waals surface area contributed by atoms with Crippen LogP contribution in [0.15, 0.2) is 18.3 Å². The van der Waals surface area contributed by atoms with E-state index in [2.05, 4.69) is 9.88 Å². The number of fused-ring (bicyclic) bond motifs is 1. The molecule has 0 N–H and O–H groups in total. The van der Waals surface area contributed by atoms with E-state index >= 15 is 0 Å². The van der Waals surface area contributed by atoms with Gasteiger partial charge >= 0.3 is 0 Å². The standard InChI is InChI=1S/C14H17N3O2/c1-10(18)11-4-5-15-13(8-11)16-6-7-17-12(9-16)2-3-14(17)19/h4-5,8,12H,2-3,6-7,9H2,1H3. The Balaban J connectivity index is 1.78. The van der Waals surface area contributed by atoms with Gasteiger partial charge in [-0.2, -0.15) is 0 Å². The average Bonchev–Trinajstić information content (AvgIpc) is 2.80. The van der Waals surface area contributed by atoms with E-state index in [-0.39, 0.29) is 11.7 Å². The third kappa shape index (κ3) is 2.20. The lowest BCUT2D eigenvalue weighted by atomic mass is 10.1. The van der Waals surface area contributed by atoms with Crippen LogP contribution < -0.4 is 4.90 Å². The number of carbonyl (C=O) groups excluding carboxylic acids is 2. The number of amides is 1. The van der Waals surface area contributed by atoms with Gasteiger partial charge in [-0.25, -0.2) is 4.98 Å². The topological polar surface area (TPSA) is 53.5 Å². The Morgan fingerprint density at radius 1 is 1.42 bits per heavy atom. The molecular formula is C14H17N3O2. The minimum Gasteiger partial charge on any atom is -0.353 e. The van der Waals surface area contributed by atoms with Crippen molar-refractivity contribution in [3.05, 3.63) is 23.9 Å². The number of pyridine rings is 1. The van der Waals surface area contributed by atoms with E-state index in [1.807, 2.05) is 11.0 Å². The van der Waals surface area contributed by atoms with Crippen LogP contribution in [0.1, 0.15) is 30.1 Å². The van der Waals surface area contributed by atoms with Crippen LogP contribution in [0.2, 0.25) is 0 Å². The van der Waals surface area contributed by atoms with Crippen molar-refractivity contribution in [2.24, 2.45) is 0 Å². The summed E-state index contributed by atoms with van der Waals surface area (Å²) < 4.78 is 0. The van der Waals surface area contributed by atoms with Gasteiger partial charge in [-0.05, 0) is 25.5 Å². The first kappa shape index (κ1) is 12.1. The van der Waals surface area contributed by atoms with Crippen LogP contribution in [0.5, 0.6) is 0 Å². The smallest absolute Gasteiger partial charge is 0.223 e. The first-order valence-electron chi connectivity index (χ1n) is 6.66. The van der Waals surface area contributed by atoms with Crippen LogP contribution in [0, 0.1) is 0 Å². The Bertz CT molecular complexity index is 529. The fraction of sp³-hybridized carbons (Fsp3) is 0.500. The molecule has 19 heavy (non-hydrogen) atoms. The average molecular weight is 259 g/mol. The number of anilines is 1. The van der Waals surface area contributed by atoms with E-state index in [9.17, 15) is 9.59 Å². The molecule has 2 fully saturated rings. The molecule has 100 valence electrons. The van der Waals surface area contributed by atoms with Gasteiger partial charge < -0.3 is 9.80 Å². The van der Waals surface area contributed by atoms with Gasteiger partial charge in [0.1, 0.15) is 5.82 Å². The quantitative estimate of drug-likeness (QED) is 0.746. The Morgan fingerprint density at radius 2 is 2.26 bits per heavy atom. The molecular weight excluding hydrogens is 242 g/mol. The van der Waals surface area contributed by atoms with Crippen molar-refractivity contribution in [2.45, 2.75) is 25.8 Å². The molecule has 1 amide bonds. The zero-order valence-electron chi connectivity index (χ0n) is 11.0. The van der Waals surface area contributed by atoms with Crippen molar-refractivity contribution in [3.63, 3.8) is 0 Å². The lowest BCUT2D eigenvalue weighted by molar-refractivity contribution is -0.129. The normalized spacial score (nSPS) is 22.6. The molecule has 0 spiro atoms. The molecule has 1 unspecified atom stereocenters. The fourth-order valence-electron chi connectivity index (χ4n) is 2.88. The van der Waals surface area contributed by atoms with Crippen LogP contribution in [-0.4, -0.2) is 47.3 Å². The van der Waals surface area contributed by atoms with E-state index in [1.165, 1.54) is 0 Å². The molecule has 1 aromatic heterocycles. The highest BCUT2D eigenvalue weighted by Crippen LogP contribution is 2.25. The van der Waals surface area contributed by atoms with Crippen LogP contribution in [0.4, 0.5) is 5.82 Å². The van der Waals surface area contributed by atoms with E-state index in [0.717, 1.165) is 31.9 Å². The predicted octanol–water partition coefficient (Wildman–Crippen LogP) is 1.10. The second kappa shape index (κ2) is 4.64. The number of ketones is 1. The van der Waals surface area contributed by atoms with Gasteiger partial charge in [0.2, 0.25) is 5.91 Å². The maximum absolute atomic E-state index is 11.6. The van der Waals surface area contributed by atoms with Crippen molar-refractivity contribution < 1.29 is 9.59 Å². The second-order valence-corrected chi connectivity index (χ2v) is 5.18. The monoisotopic (exact) mass is 259 g/mol. The zero-order valence-corrected chi connectivity index (χ0v) is 11.0. The SMILES string of the molecule is CC(=O)c1ccnc(N2CCN3C(=O)CCC3C2)c1. The fourth-order valence-corrected chi connectivity index (χ4v) is 2.88. The van der Waals surface area contributed by atoms with Crippen molar-refractivity contribution >= 4 is 17.5 Å². The Hall–Kier alpha value is -1.91. The number of aromatic nitrogens is 1. The maximum atomic E-state index is 11.6. The second-order valence-electron chi connectivity index (χ2n) is 5.18. The summed E-state index contributed by atoms with van der Waals surface area (Å²) in [4.78, 5) is 31.5. The summed E-state index contributed by atoms with van der Waals surface area (Å²) in [5.74, 6) is 1.17. The molecule has 0 bridgehead atoms. The first-order chi connectivity index (χ1) is 9.15. The van der Waals surface area contributed by atoms with Crippen LogP contribution in [-0.2, 0) is 4.79 Å². The third-order valence-corrected chi connectivity index (χ3v) is 3.97. The third-order valence-electron chi connectivity index (χ3n) is 3.97. The highest BCUT2D eigenvalue weighted by atomic mass is 16.2. The zero-order chi connectivity index (χ0) is 13.4. The molecule has 5 nitrogen and oxygen atoms in total. The largest absolute Gasteiger partial charge is 0.353 e. The Labute approximate surface area is 112 Å². The summed E-state index contributed by atoms with van der Waals surface area (Å²) in [6.45, 7) is 3.93. The van der Waals surface area contributed by atoms with Gasteiger partial charge in [0.05, 0.1) is 0 Å². The number of rotatable bonds is 2. The van der Waals surface area contributed by atoms with E-state index in [1.54, 1.807) is 19.2 Å². The van der Waals surface area contributed by atoms with Gasteiger partial charge in [-0.15, -0.1) is 0 Å². The van der Waals surface area contributed by atoms with Crippen molar-refractivity contribution in [2.75, 3.05) is 24.5 Å². The van der Waals surface area contributed by atoms with Gasteiger partial charge in [-0.1, -0.05) is 0 Å². The number of carbonyl (C=O) groups is 2. The van der Waals surface area contributed by atoms with Crippen molar-refractivity contribution in [1.82, 2.24) is 9.88 Å². The van der Waals surface area contributed by atoms with E-state index in [4.69, 9.17) is 0 Å². The van der Waals surface area contributed by atoms with Gasteiger partial charge in [0.15, 0.2) is 5.78 Å². The number of piperazine rings is 1. The van der Waals surface area contributed by atoms with E-state index < -0.39 is 0 Å². The minimum atomic E-state index is 0.0540. The molecule has 2 saturated heterocycles. The molecule has 1 atom stereocenters. The van der Waals surface area contributed by atoms with Crippen LogP contribution in [0.3, 0.4) is 0 Å². The minimum absolute atomic E-state index is 0.0540. The highest BCUT2D eigenvalue weighted by molar-refractivity contribution is 5.94. The number of nitrogens with zero attached hydrogens (tertiary/aromatic N) is 3. The summed E-state index contributed by atoms with van der Waals surface area (Å²) in [5, 5.41) is 0. The summed E-state index contributed by atoms with van der Waals surface area (Å²) in [6.07, 6.45) is 3.28. The summed E-state index contributed by atoms with van der Waals surface area (Å²) >= 11 is 0. The highest BCUT2D eigenvalue weighted by Gasteiger charge is 2.35. The molecule has 1 aromatic rings. The van der Waals surface area contributed by atoms with Gasteiger partial charge in [-0.3, -0.25) is 9.59 Å². The molecule has 0 aromatic carbocycles. The maximum Gasteiger partial charge on any atom is 0.223 e. The van der Waals surface area contributed by atoms with E-state index in [0.29, 0.717) is 18.0 Å². The molecule has 2 aliphatic heterocycles. The molecule has 3 rings (SSSR count). The van der Waals surface area contributed by atoms with Crippen LogP contribution >= 0.6 is 0 Å². The Morgan fingerprint density at radius 3 is 3.05 bits per heavy atom. The van der Waals surface area contributed by atoms with Gasteiger partial charge in [0, 0.05) is 43.9 Å². The summed E-state index contributed by atoms with van der Waals surface area (Å²) in [7, 11) is 0. The lowest BCUT2D eigenvalue weighted by Crippen LogP contribution is -2.51. The lowest BCUT2D eigenvalue weighted by Gasteiger charge is -2.38. The van der Waals surface area contributed by atoms with Crippen LogP contribution in [0.25, 0.3) is 0 Å². The van der Waals surface area contributed by atoms with Crippen molar-refractivity contribution in [1.29, 1.82) is 0 Å². The molecule has 0 saturated carbocycles. The molecule has 3 heterocycles. The number of Topliss-reactive ketones (excluding diaryl/α,β-unsaturated/α-hetero) is 1. The summed E-state index contributed by atoms with van der Waals surface area (Å²) in [5.41, 5.74) is 0.690.